The van der Waals surface area contributed by atoms with E-state index in [0.717, 1.165) is 5.56 Å². The molecular formula is C15H15NO3. The Hall–Kier alpha value is -2.49. The number of anilines is 1. The van der Waals surface area contributed by atoms with Crippen LogP contribution in [0.2, 0.25) is 0 Å². The van der Waals surface area contributed by atoms with Crippen molar-refractivity contribution in [2.75, 3.05) is 5.73 Å². The largest absolute Gasteiger partial charge is 0.505 e. The highest BCUT2D eigenvalue weighted by molar-refractivity contribution is 5.94. The third-order valence-corrected chi connectivity index (χ3v) is 2.84. The molecule has 4 heteroatoms. The maximum Gasteiger partial charge on any atom is 0.342 e. The Morgan fingerprint density at radius 3 is 2.53 bits per heavy atom. The van der Waals surface area contributed by atoms with Crippen molar-refractivity contribution in [1.29, 1.82) is 0 Å². The van der Waals surface area contributed by atoms with Crippen molar-refractivity contribution in [2.45, 2.75) is 13.0 Å². The number of carbonyl (C=O) groups is 1. The molecule has 0 aromatic heterocycles. The van der Waals surface area contributed by atoms with Gasteiger partial charge in [0.25, 0.3) is 0 Å². The smallest absolute Gasteiger partial charge is 0.342 e. The van der Waals surface area contributed by atoms with Crippen LogP contribution in [0, 0.1) is 0 Å². The number of hydrogen-bond donors (Lipinski definition) is 2. The van der Waals surface area contributed by atoms with E-state index in [2.05, 4.69) is 0 Å². The van der Waals surface area contributed by atoms with Crippen molar-refractivity contribution >= 4 is 11.7 Å². The Labute approximate surface area is 111 Å². The van der Waals surface area contributed by atoms with Gasteiger partial charge in [0.15, 0.2) is 5.75 Å². The van der Waals surface area contributed by atoms with Crippen LogP contribution >= 0.6 is 0 Å². The van der Waals surface area contributed by atoms with E-state index in [1.807, 2.05) is 30.3 Å². The second kappa shape index (κ2) is 5.44. The quantitative estimate of drug-likeness (QED) is 0.504. The number of phenolic OH excluding ortho intramolecular Hbond substituents is 1. The maximum atomic E-state index is 12.0. The topological polar surface area (TPSA) is 72.5 Å². The Balaban J connectivity index is 2.16. The van der Waals surface area contributed by atoms with Crippen LogP contribution in [0.5, 0.6) is 5.75 Å². The van der Waals surface area contributed by atoms with Gasteiger partial charge in [0, 0.05) is 0 Å². The van der Waals surface area contributed by atoms with Crippen molar-refractivity contribution in [2.24, 2.45) is 0 Å². The molecule has 0 aliphatic rings. The zero-order chi connectivity index (χ0) is 13.8. The molecule has 4 nitrogen and oxygen atoms in total. The highest BCUT2D eigenvalue weighted by atomic mass is 16.5. The van der Waals surface area contributed by atoms with Gasteiger partial charge in [-0.2, -0.15) is 0 Å². The van der Waals surface area contributed by atoms with E-state index >= 15 is 0 Å². The summed E-state index contributed by atoms with van der Waals surface area (Å²) < 4.78 is 5.30. The molecule has 2 aromatic rings. The van der Waals surface area contributed by atoms with Crippen molar-refractivity contribution in [3.63, 3.8) is 0 Å². The number of nitrogen functional groups attached to an aromatic ring is 1. The molecule has 0 fully saturated rings. The number of esters is 1. The lowest BCUT2D eigenvalue weighted by Gasteiger charge is -2.14. The van der Waals surface area contributed by atoms with Crippen LogP contribution in [0.15, 0.2) is 48.5 Å². The van der Waals surface area contributed by atoms with Crippen LogP contribution in [0.1, 0.15) is 28.9 Å². The normalized spacial score (nSPS) is 11.8. The molecule has 19 heavy (non-hydrogen) atoms. The fraction of sp³-hybridized carbons (Fsp3) is 0.133. The molecule has 0 heterocycles. The van der Waals surface area contributed by atoms with Gasteiger partial charge in [0.05, 0.1) is 5.69 Å². The number of hydrogen-bond acceptors (Lipinski definition) is 4. The summed E-state index contributed by atoms with van der Waals surface area (Å²) in [6.07, 6.45) is -0.394. The van der Waals surface area contributed by atoms with Gasteiger partial charge in [-0.25, -0.2) is 4.79 Å². The first-order chi connectivity index (χ1) is 9.09. The van der Waals surface area contributed by atoms with Gasteiger partial charge in [0.2, 0.25) is 0 Å². The molecule has 0 amide bonds. The first-order valence-corrected chi connectivity index (χ1v) is 5.93. The lowest BCUT2D eigenvalue weighted by atomic mass is 10.1. The zero-order valence-electron chi connectivity index (χ0n) is 10.5. The van der Waals surface area contributed by atoms with Gasteiger partial charge in [-0.15, -0.1) is 0 Å². The first kappa shape index (κ1) is 13.0. The second-order valence-electron chi connectivity index (χ2n) is 4.20. The highest BCUT2D eigenvalue weighted by Crippen LogP contribution is 2.27. The summed E-state index contributed by atoms with van der Waals surface area (Å²) in [6.45, 7) is 1.77. The number of ether oxygens (including phenoxy) is 1. The van der Waals surface area contributed by atoms with E-state index in [9.17, 15) is 9.90 Å². The molecule has 2 aromatic carbocycles. The monoisotopic (exact) mass is 257 g/mol. The number of para-hydroxylation sites is 1. The first-order valence-electron chi connectivity index (χ1n) is 5.93. The van der Waals surface area contributed by atoms with Crippen molar-refractivity contribution in [3.05, 3.63) is 59.7 Å². The Bertz CT molecular complexity index is 581. The molecular weight excluding hydrogens is 242 g/mol. The molecule has 2 rings (SSSR count). The average molecular weight is 257 g/mol. The van der Waals surface area contributed by atoms with Crippen LogP contribution in [0.3, 0.4) is 0 Å². The van der Waals surface area contributed by atoms with Gasteiger partial charge in [0.1, 0.15) is 11.7 Å². The number of phenols is 1. The van der Waals surface area contributed by atoms with Gasteiger partial charge in [-0.3, -0.25) is 0 Å². The van der Waals surface area contributed by atoms with E-state index in [1.165, 1.54) is 12.1 Å². The summed E-state index contributed by atoms with van der Waals surface area (Å²) in [7, 11) is 0. The predicted octanol–water partition coefficient (Wildman–Crippen LogP) is 2.89. The minimum atomic E-state index is -0.596. The summed E-state index contributed by atoms with van der Waals surface area (Å²) in [5, 5.41) is 9.73. The third-order valence-electron chi connectivity index (χ3n) is 2.84. The Morgan fingerprint density at radius 1 is 1.16 bits per heavy atom. The molecule has 0 bridgehead atoms. The predicted molar refractivity (Wildman–Crippen MR) is 72.8 cm³/mol. The average Bonchev–Trinajstić information content (AvgIpc) is 2.42. The number of carbonyl (C=O) groups excluding carboxylic acids is 1. The summed E-state index contributed by atoms with van der Waals surface area (Å²) in [5.41, 5.74) is 6.66. The molecule has 0 aliphatic carbocycles. The molecule has 3 N–H and O–H groups in total. The lowest BCUT2D eigenvalue weighted by molar-refractivity contribution is 0.0335. The van der Waals surface area contributed by atoms with Crippen LogP contribution in [-0.4, -0.2) is 11.1 Å². The second-order valence-corrected chi connectivity index (χ2v) is 4.20. The van der Waals surface area contributed by atoms with Gasteiger partial charge in [-0.1, -0.05) is 36.4 Å². The van der Waals surface area contributed by atoms with Gasteiger partial charge in [-0.05, 0) is 24.6 Å². The molecule has 98 valence electrons. The fourth-order valence-corrected chi connectivity index (χ4v) is 1.74. The highest BCUT2D eigenvalue weighted by Gasteiger charge is 2.17. The van der Waals surface area contributed by atoms with Crippen LogP contribution in [-0.2, 0) is 4.74 Å². The van der Waals surface area contributed by atoms with E-state index in [1.54, 1.807) is 13.0 Å². The third kappa shape index (κ3) is 2.85. The van der Waals surface area contributed by atoms with E-state index in [0.29, 0.717) is 0 Å². The molecule has 0 aliphatic heterocycles. The van der Waals surface area contributed by atoms with E-state index in [-0.39, 0.29) is 17.0 Å². The van der Waals surface area contributed by atoms with Crippen molar-refractivity contribution < 1.29 is 14.6 Å². The standard InChI is InChI=1S/C15H15NO3/c1-10(11-6-3-2-4-7-11)19-15(18)12-8-5-9-13(16)14(12)17/h2-10,17H,16H2,1H3. The Morgan fingerprint density at radius 2 is 1.84 bits per heavy atom. The number of benzene rings is 2. The zero-order valence-corrected chi connectivity index (χ0v) is 10.5. The summed E-state index contributed by atoms with van der Waals surface area (Å²) in [4.78, 5) is 12.0. The van der Waals surface area contributed by atoms with Crippen molar-refractivity contribution in [3.8, 4) is 5.75 Å². The molecule has 0 saturated heterocycles. The van der Waals surface area contributed by atoms with Crippen molar-refractivity contribution in [1.82, 2.24) is 0 Å². The van der Waals surface area contributed by atoms with Crippen LogP contribution < -0.4 is 5.73 Å². The Kier molecular flexibility index (Phi) is 3.71. The molecule has 0 saturated carbocycles. The number of rotatable bonds is 3. The van der Waals surface area contributed by atoms with Crippen LogP contribution in [0.4, 0.5) is 5.69 Å². The minimum Gasteiger partial charge on any atom is -0.505 e. The summed E-state index contributed by atoms with van der Waals surface area (Å²) in [6, 6.07) is 14.0. The fourth-order valence-electron chi connectivity index (χ4n) is 1.74. The van der Waals surface area contributed by atoms with Gasteiger partial charge >= 0.3 is 5.97 Å². The summed E-state index contributed by atoms with van der Waals surface area (Å²) in [5.74, 6) is -0.839. The molecule has 0 radical (unpaired) electrons. The maximum absolute atomic E-state index is 12.0. The van der Waals surface area contributed by atoms with E-state index in [4.69, 9.17) is 10.5 Å². The van der Waals surface area contributed by atoms with Crippen LogP contribution in [0.25, 0.3) is 0 Å². The molecule has 1 unspecified atom stereocenters. The number of nitrogens with two attached hydrogens (primary N) is 1. The number of aromatic hydroxyl groups is 1. The lowest BCUT2D eigenvalue weighted by Crippen LogP contribution is -2.10. The van der Waals surface area contributed by atoms with Gasteiger partial charge < -0.3 is 15.6 Å². The molecule has 0 spiro atoms. The SMILES string of the molecule is CC(OC(=O)c1cccc(N)c1O)c1ccccc1. The minimum absolute atomic E-state index is 0.0720. The molecule has 1 atom stereocenters. The summed E-state index contributed by atoms with van der Waals surface area (Å²) >= 11 is 0. The van der Waals surface area contributed by atoms with E-state index < -0.39 is 12.1 Å².